The number of benzene rings is 1. The molecule has 2 fully saturated rings. The van der Waals surface area contributed by atoms with Crippen molar-refractivity contribution in [2.75, 3.05) is 31.6 Å². The number of H-pyrrole nitrogens is 1. The first-order valence-corrected chi connectivity index (χ1v) is 10.9. The molecule has 3 aliphatic rings. The minimum absolute atomic E-state index is 0. The van der Waals surface area contributed by atoms with Gasteiger partial charge in [0.25, 0.3) is 0 Å². The Labute approximate surface area is 172 Å². The highest BCUT2D eigenvalue weighted by Gasteiger charge is 2.35. The molecule has 2 N–H and O–H groups in total. The second kappa shape index (κ2) is 7.11. The van der Waals surface area contributed by atoms with E-state index in [2.05, 4.69) is 55.5 Å². The quantitative estimate of drug-likeness (QED) is 0.706. The predicted octanol–water partition coefficient (Wildman–Crippen LogP) is 3.88. The van der Waals surface area contributed by atoms with Gasteiger partial charge < -0.3 is 15.0 Å². The van der Waals surface area contributed by atoms with Gasteiger partial charge in [-0.05, 0) is 48.8 Å². The molecule has 1 saturated carbocycles. The van der Waals surface area contributed by atoms with E-state index in [0.717, 1.165) is 56.0 Å². The summed E-state index contributed by atoms with van der Waals surface area (Å²) in [4.78, 5) is 15.3. The van der Waals surface area contributed by atoms with Gasteiger partial charge in [-0.2, -0.15) is 0 Å². The van der Waals surface area contributed by atoms with Crippen LogP contribution < -0.4 is 5.32 Å². The maximum atomic E-state index is 5.62. The van der Waals surface area contributed by atoms with E-state index in [1.165, 1.54) is 29.7 Å². The largest absolute Gasteiger partial charge is 0.379 e. The molecule has 2 aliphatic carbocycles. The van der Waals surface area contributed by atoms with Crippen molar-refractivity contribution in [3.05, 3.63) is 53.5 Å². The Bertz CT molecular complexity index is 1030. The summed E-state index contributed by atoms with van der Waals surface area (Å²) < 4.78 is 5.62. The van der Waals surface area contributed by atoms with Gasteiger partial charge in [0.1, 0.15) is 17.8 Å². The van der Waals surface area contributed by atoms with Crippen molar-refractivity contribution in [1.29, 1.82) is 0 Å². The number of anilines is 1. The lowest BCUT2D eigenvalue weighted by Gasteiger charge is -2.43. The number of nitrogens with one attached hydrogen (secondary N) is 2. The monoisotopic (exact) mass is 391 g/mol. The Morgan fingerprint density at radius 3 is 2.83 bits per heavy atom. The Hall–Kier alpha value is -2.44. The number of morpholine rings is 1. The number of aromatic nitrogens is 3. The molecule has 0 radical (unpaired) electrons. The molecule has 0 spiro atoms. The van der Waals surface area contributed by atoms with Crippen molar-refractivity contribution in [3.8, 4) is 0 Å². The average molecular weight is 392 g/mol. The van der Waals surface area contributed by atoms with Gasteiger partial charge >= 0.3 is 0 Å². The fourth-order valence-electron chi connectivity index (χ4n) is 5.06. The van der Waals surface area contributed by atoms with Crippen LogP contribution in [0.5, 0.6) is 0 Å². The maximum absolute atomic E-state index is 5.62. The van der Waals surface area contributed by atoms with Crippen molar-refractivity contribution < 1.29 is 6.16 Å². The van der Waals surface area contributed by atoms with Gasteiger partial charge in [-0.25, -0.2) is 9.97 Å². The molecule has 152 valence electrons. The van der Waals surface area contributed by atoms with Crippen LogP contribution >= 0.6 is 0 Å². The molecule has 1 aliphatic heterocycles. The van der Waals surface area contributed by atoms with Gasteiger partial charge in [0.2, 0.25) is 0 Å². The van der Waals surface area contributed by atoms with E-state index in [4.69, 9.17) is 4.74 Å². The Balaban J connectivity index is 0.00000193. The van der Waals surface area contributed by atoms with Crippen LogP contribution in [0.4, 0.5) is 5.82 Å². The third kappa shape index (κ3) is 3.20. The number of hydrogen-bond acceptors (Lipinski definition) is 5. The lowest BCUT2D eigenvalue weighted by atomic mass is 9.83. The zero-order chi connectivity index (χ0) is 19.2. The van der Waals surface area contributed by atoms with Crippen LogP contribution in [0.25, 0.3) is 11.0 Å². The summed E-state index contributed by atoms with van der Waals surface area (Å²) in [5.74, 6) is 1.62. The van der Waals surface area contributed by atoms with Crippen LogP contribution in [-0.2, 0) is 11.2 Å². The van der Waals surface area contributed by atoms with Crippen LogP contribution in [0.3, 0.4) is 0 Å². The first-order valence-electron chi connectivity index (χ1n) is 10.9. The predicted molar refractivity (Wildman–Crippen MR) is 115 cm³/mol. The van der Waals surface area contributed by atoms with E-state index in [1.54, 1.807) is 6.33 Å². The van der Waals surface area contributed by atoms with Crippen molar-refractivity contribution in [1.82, 2.24) is 19.9 Å². The molecule has 3 heterocycles. The molecule has 0 bridgehead atoms. The lowest BCUT2D eigenvalue weighted by molar-refractivity contribution is 0.00896. The van der Waals surface area contributed by atoms with Gasteiger partial charge in [-0.15, -0.1) is 0 Å². The summed E-state index contributed by atoms with van der Waals surface area (Å²) in [6.07, 6.45) is 6.52. The van der Waals surface area contributed by atoms with E-state index in [1.807, 2.05) is 0 Å². The minimum atomic E-state index is 0. The smallest absolute Gasteiger partial charge is 0.143 e. The molecule has 0 unspecified atom stereocenters. The highest BCUT2D eigenvalue weighted by Crippen LogP contribution is 2.42. The second-order valence-corrected chi connectivity index (χ2v) is 8.56. The van der Waals surface area contributed by atoms with Gasteiger partial charge in [0, 0.05) is 26.3 Å². The summed E-state index contributed by atoms with van der Waals surface area (Å²) in [7, 11) is 0. The number of ether oxygens (including phenoxy) is 1. The molecule has 6 rings (SSSR count). The molecule has 6 heteroatoms. The van der Waals surface area contributed by atoms with Crippen molar-refractivity contribution >= 4 is 16.9 Å². The lowest BCUT2D eigenvalue weighted by Crippen LogP contribution is -2.49. The standard InChI is InChI=1S/C23H27N5O.H2/c1-2-4-17-15(3-1)7-8-20(28-9-11-29-12-10-28)21(17)27-23-18-13-19(16-5-6-16)26-22(18)24-14-25-23;/h1-4,13-14,16,20-21H,5-12H2,(H2,24,25,26,27);1H/t20-,21-;/m0./s1. The zero-order valence-electron chi connectivity index (χ0n) is 16.6. The molecule has 1 saturated heterocycles. The molecule has 29 heavy (non-hydrogen) atoms. The fraction of sp³-hybridized carbons (Fsp3) is 0.478. The van der Waals surface area contributed by atoms with Crippen LogP contribution in [-0.4, -0.2) is 52.2 Å². The van der Waals surface area contributed by atoms with E-state index in [9.17, 15) is 0 Å². The summed E-state index contributed by atoms with van der Waals surface area (Å²) in [5.41, 5.74) is 5.10. The third-order valence-corrected chi connectivity index (χ3v) is 6.75. The average Bonchev–Trinajstić information content (AvgIpc) is 3.53. The normalized spacial score (nSPS) is 25.1. The van der Waals surface area contributed by atoms with Crippen molar-refractivity contribution in [2.24, 2.45) is 0 Å². The third-order valence-electron chi connectivity index (χ3n) is 6.75. The van der Waals surface area contributed by atoms with Crippen LogP contribution in [0.2, 0.25) is 0 Å². The first kappa shape index (κ1) is 17.4. The number of aromatic amines is 1. The molecule has 1 aromatic carbocycles. The van der Waals surface area contributed by atoms with Gasteiger partial charge in [-0.3, -0.25) is 4.90 Å². The number of nitrogens with zero attached hydrogens (tertiary/aromatic N) is 3. The minimum Gasteiger partial charge on any atom is -0.379 e. The van der Waals surface area contributed by atoms with Gasteiger partial charge in [0.05, 0.1) is 24.6 Å². The highest BCUT2D eigenvalue weighted by molar-refractivity contribution is 5.88. The Morgan fingerprint density at radius 1 is 1.10 bits per heavy atom. The van der Waals surface area contributed by atoms with E-state index < -0.39 is 0 Å². The number of hydrogen-bond donors (Lipinski definition) is 2. The Kier molecular flexibility index (Phi) is 4.27. The molecule has 2 aromatic heterocycles. The number of fused-ring (bicyclic) bond motifs is 2. The van der Waals surface area contributed by atoms with Crippen molar-refractivity contribution in [2.45, 2.75) is 43.7 Å². The fourth-order valence-corrected chi connectivity index (χ4v) is 5.06. The number of rotatable bonds is 4. The molecular formula is C23H29N5O. The Morgan fingerprint density at radius 2 is 1.97 bits per heavy atom. The van der Waals surface area contributed by atoms with Crippen LogP contribution in [0.1, 0.15) is 49.5 Å². The maximum Gasteiger partial charge on any atom is 0.143 e. The second-order valence-electron chi connectivity index (χ2n) is 8.56. The van der Waals surface area contributed by atoms with Gasteiger partial charge in [-0.1, -0.05) is 24.3 Å². The van der Waals surface area contributed by atoms with Crippen LogP contribution in [0, 0.1) is 0 Å². The summed E-state index contributed by atoms with van der Waals surface area (Å²) in [6, 6.07) is 11.8. The van der Waals surface area contributed by atoms with Crippen molar-refractivity contribution in [3.63, 3.8) is 0 Å². The molecule has 0 amide bonds. The zero-order valence-corrected chi connectivity index (χ0v) is 16.6. The van der Waals surface area contributed by atoms with Crippen LogP contribution in [0.15, 0.2) is 36.7 Å². The number of aryl methyl sites for hydroxylation is 1. The first-order chi connectivity index (χ1) is 14.4. The van der Waals surface area contributed by atoms with Gasteiger partial charge in [0.15, 0.2) is 0 Å². The van der Waals surface area contributed by atoms with E-state index in [-0.39, 0.29) is 7.47 Å². The highest BCUT2D eigenvalue weighted by atomic mass is 16.5. The summed E-state index contributed by atoms with van der Waals surface area (Å²) in [6.45, 7) is 3.65. The summed E-state index contributed by atoms with van der Waals surface area (Å²) in [5, 5.41) is 4.96. The molecule has 3 aromatic rings. The summed E-state index contributed by atoms with van der Waals surface area (Å²) >= 11 is 0. The van der Waals surface area contributed by atoms with E-state index >= 15 is 0 Å². The molecular weight excluding hydrogens is 362 g/mol. The van der Waals surface area contributed by atoms with E-state index in [0.29, 0.717) is 12.0 Å². The molecule has 6 nitrogen and oxygen atoms in total. The topological polar surface area (TPSA) is 66.1 Å². The SMILES string of the molecule is [HH].c1ccc2c(c1)CC[C@H](N1CCOCC1)[C@H]2Nc1ncnc2[nH]c(C3CC3)cc12. The molecule has 2 atom stereocenters.